The van der Waals surface area contributed by atoms with E-state index in [2.05, 4.69) is 5.32 Å². The zero-order chi connectivity index (χ0) is 32.1. The van der Waals surface area contributed by atoms with Crippen molar-refractivity contribution in [1.29, 1.82) is 0 Å². The van der Waals surface area contributed by atoms with Crippen molar-refractivity contribution in [3.05, 3.63) is 156 Å². The van der Waals surface area contributed by atoms with Crippen LogP contribution in [0.5, 0.6) is 5.75 Å². The molecule has 1 unspecified atom stereocenters. The summed E-state index contributed by atoms with van der Waals surface area (Å²) in [6, 6.07) is 35.1. The minimum absolute atomic E-state index is 0.166. The number of benzene rings is 4. The molecule has 0 aliphatic heterocycles. The van der Waals surface area contributed by atoms with Crippen LogP contribution in [0.15, 0.2) is 138 Å². The van der Waals surface area contributed by atoms with Gasteiger partial charge in [0.2, 0.25) is 0 Å². The molecule has 8 heteroatoms. The smallest absolute Gasteiger partial charge is 0.326 e. The normalized spacial score (nSPS) is 11.6. The number of carbonyl (C=O) groups excluding carboxylic acids is 2. The van der Waals surface area contributed by atoms with Crippen molar-refractivity contribution in [2.24, 2.45) is 0 Å². The molecular weight excluding hydrogens is 580 g/mol. The Bertz CT molecular complexity index is 1750. The van der Waals surface area contributed by atoms with Crippen molar-refractivity contribution in [3.63, 3.8) is 0 Å². The van der Waals surface area contributed by atoms with Crippen molar-refractivity contribution in [2.75, 3.05) is 23.4 Å². The number of ether oxygens (including phenoxy) is 1. The predicted octanol–water partition coefficient (Wildman–Crippen LogP) is 7.13. The van der Waals surface area contributed by atoms with Crippen molar-refractivity contribution in [2.45, 2.75) is 18.9 Å². The van der Waals surface area contributed by atoms with Crippen LogP contribution in [0, 0.1) is 0 Å². The van der Waals surface area contributed by atoms with Crippen LogP contribution >= 0.6 is 0 Å². The van der Waals surface area contributed by atoms with Crippen molar-refractivity contribution < 1.29 is 28.6 Å². The van der Waals surface area contributed by atoms with Crippen molar-refractivity contribution >= 4 is 35.1 Å². The highest BCUT2D eigenvalue weighted by molar-refractivity contribution is 6.12. The highest BCUT2D eigenvalue weighted by atomic mass is 16.5. The number of nitrogens with zero attached hydrogens (tertiary/aromatic N) is 1. The minimum atomic E-state index is -1.03. The molecular formula is C38H34N2O6. The van der Waals surface area contributed by atoms with E-state index in [0.29, 0.717) is 47.9 Å². The van der Waals surface area contributed by atoms with Crippen LogP contribution in [0.3, 0.4) is 0 Å². The van der Waals surface area contributed by atoms with Gasteiger partial charge < -0.3 is 24.5 Å². The van der Waals surface area contributed by atoms with Gasteiger partial charge in [-0.25, -0.2) is 4.79 Å². The second kappa shape index (κ2) is 15.7. The molecule has 5 rings (SSSR count). The molecule has 0 radical (unpaired) electrons. The van der Waals surface area contributed by atoms with Crippen molar-refractivity contribution in [1.82, 2.24) is 0 Å². The highest BCUT2D eigenvalue weighted by Gasteiger charge is 2.21. The molecule has 5 aromatic rings. The molecule has 4 aromatic carbocycles. The maximum atomic E-state index is 13.1. The van der Waals surface area contributed by atoms with Crippen molar-refractivity contribution in [3.8, 4) is 5.75 Å². The lowest BCUT2D eigenvalue weighted by atomic mass is 10.00. The largest absolute Gasteiger partial charge is 0.494 e. The molecule has 46 heavy (non-hydrogen) atoms. The number of carbonyl (C=O) groups is 3. The molecule has 0 saturated carbocycles. The van der Waals surface area contributed by atoms with Crippen LogP contribution in [0.1, 0.15) is 33.7 Å². The minimum Gasteiger partial charge on any atom is -0.494 e. The van der Waals surface area contributed by atoms with Gasteiger partial charge >= 0.3 is 5.97 Å². The number of carboxylic acids is 1. The Morgan fingerprint density at radius 2 is 1.52 bits per heavy atom. The third-order valence-corrected chi connectivity index (χ3v) is 7.26. The lowest BCUT2D eigenvalue weighted by Gasteiger charge is -2.21. The standard InChI is InChI=1S/C38H34N2O6/c41-36(23-22-31-15-9-25-45-31)40(30-13-5-2-6-14-30)24-10-26-46-32-20-18-28(19-21-32)27-35(38(43)44)39-34-17-8-7-16-33(34)37(42)29-11-3-1-4-12-29/h1-9,11-23,25,35,39H,10,24,26-27H2,(H,43,44). The fourth-order valence-corrected chi connectivity index (χ4v) is 4.91. The van der Waals surface area contributed by atoms with Gasteiger partial charge in [-0.1, -0.05) is 72.8 Å². The van der Waals surface area contributed by atoms with Crippen LogP contribution in [0.25, 0.3) is 6.08 Å². The Morgan fingerprint density at radius 1 is 0.826 bits per heavy atom. The Kier molecular flexibility index (Phi) is 10.8. The second-order valence-corrected chi connectivity index (χ2v) is 10.5. The molecule has 1 amide bonds. The number of para-hydroxylation sites is 2. The van der Waals surface area contributed by atoms with Gasteiger partial charge in [-0.2, -0.15) is 0 Å². The lowest BCUT2D eigenvalue weighted by molar-refractivity contribution is -0.137. The Morgan fingerprint density at radius 3 is 2.22 bits per heavy atom. The van der Waals surface area contributed by atoms with Crippen LogP contribution < -0.4 is 15.0 Å². The number of anilines is 2. The summed E-state index contributed by atoms with van der Waals surface area (Å²) < 4.78 is 11.2. The Hall–Kier alpha value is -5.89. The van der Waals surface area contributed by atoms with Gasteiger partial charge in [-0.15, -0.1) is 0 Å². The first-order chi connectivity index (χ1) is 22.5. The van der Waals surface area contributed by atoms with E-state index in [1.807, 2.05) is 48.5 Å². The van der Waals surface area contributed by atoms with Crippen LogP contribution in [0.2, 0.25) is 0 Å². The maximum Gasteiger partial charge on any atom is 0.326 e. The molecule has 0 spiro atoms. The number of nitrogens with one attached hydrogen (secondary N) is 1. The molecule has 0 bridgehead atoms. The zero-order valence-electron chi connectivity index (χ0n) is 25.1. The van der Waals surface area contributed by atoms with E-state index < -0.39 is 12.0 Å². The van der Waals surface area contributed by atoms with Crippen LogP contribution in [-0.2, 0) is 16.0 Å². The molecule has 0 saturated heterocycles. The molecule has 0 aliphatic carbocycles. The van der Waals surface area contributed by atoms with E-state index >= 15 is 0 Å². The van der Waals surface area contributed by atoms with Gasteiger partial charge in [-0.05, 0) is 66.6 Å². The third kappa shape index (κ3) is 8.60. The molecule has 8 nitrogen and oxygen atoms in total. The fourth-order valence-electron chi connectivity index (χ4n) is 4.91. The molecule has 1 heterocycles. The van der Waals surface area contributed by atoms with Gasteiger partial charge in [0.05, 0.1) is 12.9 Å². The van der Waals surface area contributed by atoms with Gasteiger partial charge in [-0.3, -0.25) is 9.59 Å². The van der Waals surface area contributed by atoms with E-state index in [1.54, 1.807) is 90.0 Å². The van der Waals surface area contributed by atoms with Gasteiger partial charge in [0, 0.05) is 41.5 Å². The maximum absolute atomic E-state index is 13.1. The number of furan rings is 1. The molecule has 1 aromatic heterocycles. The zero-order valence-corrected chi connectivity index (χ0v) is 25.1. The summed E-state index contributed by atoms with van der Waals surface area (Å²) in [5.41, 5.74) is 2.98. The van der Waals surface area contributed by atoms with E-state index in [1.165, 1.54) is 6.08 Å². The number of aliphatic carboxylic acids is 1. The molecule has 0 aliphatic rings. The molecule has 0 fully saturated rings. The summed E-state index contributed by atoms with van der Waals surface area (Å²) in [4.78, 5) is 40.0. The molecule has 232 valence electrons. The highest BCUT2D eigenvalue weighted by Crippen LogP contribution is 2.22. The predicted molar refractivity (Wildman–Crippen MR) is 178 cm³/mol. The van der Waals surface area contributed by atoms with E-state index in [4.69, 9.17) is 9.15 Å². The SMILES string of the molecule is O=C(c1ccccc1)c1ccccc1NC(Cc1ccc(OCCCN(C(=O)C=Cc2ccco2)c2ccccc2)cc1)C(=O)O. The molecule has 2 N–H and O–H groups in total. The van der Waals surface area contributed by atoms with E-state index in [0.717, 1.165) is 11.3 Å². The third-order valence-electron chi connectivity index (χ3n) is 7.26. The number of ketones is 1. The van der Waals surface area contributed by atoms with E-state index in [9.17, 15) is 19.5 Å². The van der Waals surface area contributed by atoms with E-state index in [-0.39, 0.29) is 18.1 Å². The summed E-state index contributed by atoms with van der Waals surface area (Å²) in [6.45, 7) is 0.826. The Balaban J connectivity index is 1.16. The fraction of sp³-hybridized carbons (Fsp3) is 0.132. The summed E-state index contributed by atoms with van der Waals surface area (Å²) in [5, 5.41) is 13.0. The number of amides is 1. The topological polar surface area (TPSA) is 109 Å². The number of carboxylic acid groups (broad SMARTS) is 1. The first-order valence-electron chi connectivity index (χ1n) is 15.0. The van der Waals surface area contributed by atoms with Gasteiger partial charge in [0.1, 0.15) is 17.6 Å². The summed E-state index contributed by atoms with van der Waals surface area (Å²) in [6.07, 6.45) is 5.47. The average molecular weight is 615 g/mol. The lowest BCUT2D eigenvalue weighted by Crippen LogP contribution is -2.32. The number of rotatable bonds is 15. The number of hydrogen-bond acceptors (Lipinski definition) is 6. The van der Waals surface area contributed by atoms with Gasteiger partial charge in [0.25, 0.3) is 5.91 Å². The Labute approximate surface area is 267 Å². The monoisotopic (exact) mass is 614 g/mol. The summed E-state index contributed by atoms with van der Waals surface area (Å²) >= 11 is 0. The second-order valence-electron chi connectivity index (χ2n) is 10.5. The molecule has 1 atom stereocenters. The quantitative estimate of drug-likeness (QED) is 0.0733. The number of hydrogen-bond donors (Lipinski definition) is 2. The van der Waals surface area contributed by atoms with Crippen LogP contribution in [-0.4, -0.2) is 42.0 Å². The summed E-state index contributed by atoms with van der Waals surface area (Å²) in [5.74, 6) is -0.144. The van der Waals surface area contributed by atoms with Crippen LogP contribution in [0.4, 0.5) is 11.4 Å². The first kappa shape index (κ1) is 31.5. The van der Waals surface area contributed by atoms with Gasteiger partial charge in [0.15, 0.2) is 5.78 Å². The summed E-state index contributed by atoms with van der Waals surface area (Å²) in [7, 11) is 0. The first-order valence-corrected chi connectivity index (χ1v) is 15.0. The average Bonchev–Trinajstić information content (AvgIpc) is 3.62.